The number of nitrogens with zero attached hydrogens (tertiary/aromatic N) is 3. The zero-order valence-corrected chi connectivity index (χ0v) is 21.6. The van der Waals surface area contributed by atoms with Gasteiger partial charge in [-0.05, 0) is 42.3 Å². The molecule has 0 atom stereocenters. The molecule has 1 aromatic heterocycles. The van der Waals surface area contributed by atoms with Gasteiger partial charge in [0.2, 0.25) is 5.91 Å². The Morgan fingerprint density at radius 1 is 1.26 bits per heavy atom. The summed E-state index contributed by atoms with van der Waals surface area (Å²) in [7, 11) is 0. The van der Waals surface area contributed by atoms with Crippen LogP contribution in [0.25, 0.3) is 11.1 Å². The molecule has 13 heteroatoms. The Kier molecular flexibility index (Phi) is 9.54. The normalized spacial score (nSPS) is 14.8. The summed E-state index contributed by atoms with van der Waals surface area (Å²) < 4.78 is 43.9. The van der Waals surface area contributed by atoms with Crippen LogP contribution in [0.15, 0.2) is 54.0 Å². The molecule has 3 rings (SSSR count). The van der Waals surface area contributed by atoms with Gasteiger partial charge in [0.15, 0.2) is 5.82 Å². The van der Waals surface area contributed by atoms with E-state index in [1.807, 2.05) is 17.9 Å². The molecule has 39 heavy (non-hydrogen) atoms. The predicted octanol–water partition coefficient (Wildman–Crippen LogP) is 2.42. The second-order valence-electron chi connectivity index (χ2n) is 8.76. The van der Waals surface area contributed by atoms with Crippen molar-refractivity contribution in [2.45, 2.75) is 20.0 Å². The number of carbonyl (C=O) groups is 2. The molecular weight excluding hydrogens is 517 g/mol. The number of aliphatic hydroxyl groups excluding tert-OH is 1. The van der Waals surface area contributed by atoms with Gasteiger partial charge in [0.1, 0.15) is 5.70 Å². The SMILES string of the molecule is CC(=O)N(CCO)c1ncc(-c2cc(NC(=O)C(/C=C(\N)C(F)(F)F)=C/N)ccc2C)cc1N1CCOCC1. The van der Waals surface area contributed by atoms with E-state index in [4.69, 9.17) is 16.2 Å². The van der Waals surface area contributed by atoms with Crippen molar-refractivity contribution in [2.24, 2.45) is 11.5 Å². The quantitative estimate of drug-likeness (QED) is 0.291. The molecule has 1 saturated heterocycles. The van der Waals surface area contributed by atoms with Crippen LogP contribution < -0.4 is 26.6 Å². The number of pyridine rings is 1. The molecule has 0 saturated carbocycles. The Balaban J connectivity index is 2.00. The van der Waals surface area contributed by atoms with E-state index in [1.165, 1.54) is 11.8 Å². The van der Waals surface area contributed by atoms with Crippen molar-refractivity contribution in [1.29, 1.82) is 0 Å². The number of morpholine rings is 1. The molecule has 2 aromatic rings. The van der Waals surface area contributed by atoms with Gasteiger partial charge in [-0.1, -0.05) is 6.07 Å². The maximum Gasteiger partial charge on any atom is 0.430 e. The molecule has 10 nitrogen and oxygen atoms in total. The number of aromatic nitrogens is 1. The highest BCUT2D eigenvalue weighted by Crippen LogP contribution is 2.35. The second-order valence-corrected chi connectivity index (χ2v) is 8.76. The molecule has 0 bridgehead atoms. The third-order valence-electron chi connectivity index (χ3n) is 6.04. The number of anilines is 3. The van der Waals surface area contributed by atoms with Crippen LogP contribution in [0.2, 0.25) is 0 Å². The van der Waals surface area contributed by atoms with Crippen molar-refractivity contribution < 1.29 is 32.6 Å². The number of nitrogens with two attached hydrogens (primary N) is 2. The minimum atomic E-state index is -4.81. The first-order valence-corrected chi connectivity index (χ1v) is 12.1. The fourth-order valence-electron chi connectivity index (χ4n) is 4.00. The first-order valence-electron chi connectivity index (χ1n) is 12.1. The largest absolute Gasteiger partial charge is 0.430 e. The lowest BCUT2D eigenvalue weighted by molar-refractivity contribution is -0.116. The van der Waals surface area contributed by atoms with Gasteiger partial charge in [-0.25, -0.2) is 4.98 Å². The highest BCUT2D eigenvalue weighted by atomic mass is 19.4. The van der Waals surface area contributed by atoms with E-state index in [2.05, 4.69) is 10.3 Å². The van der Waals surface area contributed by atoms with Gasteiger partial charge < -0.3 is 31.5 Å². The van der Waals surface area contributed by atoms with Crippen molar-refractivity contribution in [3.05, 3.63) is 59.6 Å². The summed E-state index contributed by atoms with van der Waals surface area (Å²) in [5, 5.41) is 12.0. The number of allylic oxidation sites excluding steroid dienone is 1. The van der Waals surface area contributed by atoms with Gasteiger partial charge in [0.25, 0.3) is 5.91 Å². The predicted molar refractivity (Wildman–Crippen MR) is 142 cm³/mol. The zero-order valence-electron chi connectivity index (χ0n) is 21.6. The van der Waals surface area contributed by atoms with E-state index in [0.717, 1.165) is 11.8 Å². The fraction of sp³-hybridized carbons (Fsp3) is 0.346. The van der Waals surface area contributed by atoms with E-state index in [0.29, 0.717) is 60.7 Å². The summed E-state index contributed by atoms with van der Waals surface area (Å²) in [6, 6.07) is 6.87. The van der Waals surface area contributed by atoms with Crippen molar-refractivity contribution in [3.63, 3.8) is 0 Å². The molecule has 0 unspecified atom stereocenters. The topological polar surface area (TPSA) is 147 Å². The number of ether oxygens (including phenoxy) is 1. The number of hydrogen-bond acceptors (Lipinski definition) is 8. The summed E-state index contributed by atoms with van der Waals surface area (Å²) >= 11 is 0. The fourth-order valence-corrected chi connectivity index (χ4v) is 4.00. The third kappa shape index (κ3) is 7.27. The van der Waals surface area contributed by atoms with Crippen LogP contribution in [0.3, 0.4) is 0 Å². The Labute approximate surface area is 223 Å². The molecule has 1 aliphatic rings. The maximum absolute atomic E-state index is 12.8. The Hall–Kier alpha value is -4.10. The average molecular weight is 549 g/mol. The Morgan fingerprint density at radius 3 is 2.54 bits per heavy atom. The molecule has 0 aliphatic carbocycles. The van der Waals surface area contributed by atoms with Crippen molar-refractivity contribution in [1.82, 2.24) is 4.98 Å². The van der Waals surface area contributed by atoms with Gasteiger partial charge >= 0.3 is 6.18 Å². The lowest BCUT2D eigenvalue weighted by Crippen LogP contribution is -2.39. The monoisotopic (exact) mass is 548 g/mol. The number of alkyl halides is 3. The van der Waals surface area contributed by atoms with Crippen LogP contribution in [-0.4, -0.2) is 67.5 Å². The van der Waals surface area contributed by atoms with Crippen LogP contribution in [0, 0.1) is 6.92 Å². The highest BCUT2D eigenvalue weighted by Gasteiger charge is 2.32. The van der Waals surface area contributed by atoms with E-state index in [-0.39, 0.29) is 19.1 Å². The Bertz CT molecular complexity index is 1270. The lowest BCUT2D eigenvalue weighted by atomic mass is 10.00. The third-order valence-corrected chi connectivity index (χ3v) is 6.04. The molecule has 2 amide bonds. The number of hydrogen-bond donors (Lipinski definition) is 4. The van der Waals surface area contributed by atoms with Crippen LogP contribution in [-0.2, 0) is 14.3 Å². The summed E-state index contributed by atoms with van der Waals surface area (Å²) in [5.41, 5.74) is 11.7. The molecule has 6 N–H and O–H groups in total. The minimum Gasteiger partial charge on any atom is -0.404 e. The highest BCUT2D eigenvalue weighted by molar-refractivity contribution is 6.06. The van der Waals surface area contributed by atoms with E-state index in [9.17, 15) is 27.9 Å². The molecule has 1 fully saturated rings. The summed E-state index contributed by atoms with van der Waals surface area (Å²) in [4.78, 5) is 33.0. The number of halogens is 3. The summed E-state index contributed by atoms with van der Waals surface area (Å²) in [5.74, 6) is -0.747. The lowest BCUT2D eigenvalue weighted by Gasteiger charge is -2.33. The van der Waals surface area contributed by atoms with Gasteiger partial charge in [-0.3, -0.25) is 14.5 Å². The van der Waals surface area contributed by atoms with E-state index < -0.39 is 23.4 Å². The Morgan fingerprint density at radius 2 is 1.95 bits per heavy atom. The van der Waals surface area contributed by atoms with Crippen molar-refractivity contribution in [3.8, 4) is 11.1 Å². The van der Waals surface area contributed by atoms with Crippen molar-refractivity contribution >= 4 is 29.0 Å². The number of rotatable bonds is 8. The number of amides is 2. The van der Waals surface area contributed by atoms with Gasteiger partial charge in [0.05, 0.1) is 37.6 Å². The maximum atomic E-state index is 12.8. The van der Waals surface area contributed by atoms with E-state index in [1.54, 1.807) is 24.4 Å². The van der Waals surface area contributed by atoms with Crippen LogP contribution in [0.4, 0.5) is 30.4 Å². The van der Waals surface area contributed by atoms with Gasteiger partial charge in [-0.2, -0.15) is 13.2 Å². The summed E-state index contributed by atoms with van der Waals surface area (Å²) in [6.45, 7) is 5.21. The van der Waals surface area contributed by atoms with Gasteiger partial charge in [0, 0.05) is 43.7 Å². The number of benzene rings is 1. The first kappa shape index (κ1) is 29.5. The average Bonchev–Trinajstić information content (AvgIpc) is 2.90. The van der Waals surface area contributed by atoms with Crippen LogP contribution in [0.1, 0.15) is 12.5 Å². The first-order chi connectivity index (χ1) is 18.5. The van der Waals surface area contributed by atoms with E-state index >= 15 is 0 Å². The number of carbonyl (C=O) groups excluding carboxylic acids is 2. The van der Waals surface area contributed by atoms with Crippen LogP contribution in [0.5, 0.6) is 0 Å². The molecule has 0 radical (unpaired) electrons. The number of nitrogens with one attached hydrogen (secondary N) is 1. The molecule has 2 heterocycles. The molecule has 1 aromatic carbocycles. The zero-order chi connectivity index (χ0) is 28.7. The molecule has 0 spiro atoms. The number of aliphatic hydroxyl groups is 1. The van der Waals surface area contributed by atoms with Crippen molar-refractivity contribution in [2.75, 3.05) is 54.6 Å². The molecule has 210 valence electrons. The minimum absolute atomic E-state index is 0.0733. The smallest absolute Gasteiger partial charge is 0.404 e. The standard InChI is InChI=1S/C26H31F3N6O4/c1-16-3-4-20(33-25(38)18(14-30)12-23(31)26(27,28)29)13-21(16)19-11-22(34-6-9-39-10-7-34)24(32-15-19)35(5-8-36)17(2)37/h3-4,11-15,36H,5-10,30-31H2,1-2H3,(H,33,38)/b18-14+,23-12-. The molecule has 1 aliphatic heterocycles. The molecular formula is C26H31F3N6O4. The number of aryl methyl sites for hydroxylation is 1. The second kappa shape index (κ2) is 12.6. The van der Waals surface area contributed by atoms with Gasteiger partial charge in [-0.15, -0.1) is 0 Å². The van der Waals surface area contributed by atoms with Crippen LogP contribution >= 0.6 is 0 Å². The summed E-state index contributed by atoms with van der Waals surface area (Å²) in [6.07, 6.45) is -2.02.